The molecule has 0 aliphatic rings. The third-order valence-electron chi connectivity index (χ3n) is 1.97. The van der Waals surface area contributed by atoms with Crippen molar-refractivity contribution in [2.45, 2.75) is 13.8 Å². The standard InChI is InChI=1S/C6H6N2O2.C6H6N2O/c1-5(9)6-3-2-4-8(10)7-6;1-5(9)6-3-2-4-7-8-6/h2-4H,1H3;2-4H,1H3. The van der Waals surface area contributed by atoms with Gasteiger partial charge in [0.15, 0.2) is 17.3 Å². The summed E-state index contributed by atoms with van der Waals surface area (Å²) in [7, 11) is 0. The number of carbonyl (C=O) groups is 2. The Bertz CT molecular complexity index is 572. The topological polar surface area (TPSA) is 99.8 Å². The van der Waals surface area contributed by atoms with Crippen LogP contribution in [-0.4, -0.2) is 26.9 Å². The summed E-state index contributed by atoms with van der Waals surface area (Å²) in [6, 6.07) is 6.30. The van der Waals surface area contributed by atoms with Gasteiger partial charge in [-0.15, -0.1) is 5.10 Å². The second kappa shape index (κ2) is 6.90. The van der Waals surface area contributed by atoms with Crippen LogP contribution in [0.1, 0.15) is 34.8 Å². The van der Waals surface area contributed by atoms with Crippen molar-refractivity contribution in [1.29, 1.82) is 0 Å². The van der Waals surface area contributed by atoms with Crippen molar-refractivity contribution in [3.05, 3.63) is 53.3 Å². The SMILES string of the molecule is CC(=O)c1ccc[n+]([O-])n1.CC(=O)c1cccnn1. The van der Waals surface area contributed by atoms with E-state index in [4.69, 9.17) is 0 Å². The molecule has 0 aromatic carbocycles. The Morgan fingerprint density at radius 3 is 2.11 bits per heavy atom. The van der Waals surface area contributed by atoms with E-state index in [-0.39, 0.29) is 17.3 Å². The summed E-state index contributed by atoms with van der Waals surface area (Å²) in [5, 5.41) is 20.9. The molecule has 0 saturated heterocycles. The van der Waals surface area contributed by atoms with Gasteiger partial charge in [-0.25, -0.2) is 0 Å². The zero-order valence-electron chi connectivity index (χ0n) is 10.5. The van der Waals surface area contributed by atoms with Crippen LogP contribution in [0.4, 0.5) is 0 Å². The van der Waals surface area contributed by atoms with Crippen LogP contribution in [-0.2, 0) is 0 Å². The largest absolute Gasteiger partial charge is 0.594 e. The van der Waals surface area contributed by atoms with Gasteiger partial charge in [0.1, 0.15) is 5.69 Å². The lowest BCUT2D eigenvalue weighted by molar-refractivity contribution is -0.669. The normalized spacial score (nSPS) is 9.16. The first kappa shape index (κ1) is 14.4. The van der Waals surface area contributed by atoms with E-state index in [2.05, 4.69) is 15.3 Å². The Labute approximate surface area is 109 Å². The molecule has 0 amide bonds. The lowest BCUT2D eigenvalue weighted by Crippen LogP contribution is -2.31. The maximum absolute atomic E-state index is 10.6. The summed E-state index contributed by atoms with van der Waals surface area (Å²) >= 11 is 0. The Hall–Kier alpha value is -2.70. The van der Waals surface area contributed by atoms with Crippen LogP contribution in [0.15, 0.2) is 36.7 Å². The van der Waals surface area contributed by atoms with Crippen molar-refractivity contribution in [2.75, 3.05) is 0 Å². The van der Waals surface area contributed by atoms with Gasteiger partial charge in [0.05, 0.1) is 0 Å². The van der Waals surface area contributed by atoms with Crippen molar-refractivity contribution in [2.24, 2.45) is 0 Å². The van der Waals surface area contributed by atoms with E-state index in [0.717, 1.165) is 0 Å². The molecule has 2 heterocycles. The molecule has 7 heteroatoms. The average molecular weight is 260 g/mol. The molecule has 0 aliphatic heterocycles. The first-order chi connectivity index (χ1) is 9.00. The zero-order valence-corrected chi connectivity index (χ0v) is 10.5. The predicted octanol–water partition coefficient (Wildman–Crippen LogP) is 0.597. The molecule has 2 aromatic rings. The fourth-order valence-corrected chi connectivity index (χ4v) is 1.06. The Balaban J connectivity index is 0.000000191. The van der Waals surface area contributed by atoms with Crippen LogP contribution in [0.5, 0.6) is 0 Å². The molecule has 2 aromatic heterocycles. The Kier molecular flexibility index (Phi) is 5.21. The molecular weight excluding hydrogens is 248 g/mol. The summed E-state index contributed by atoms with van der Waals surface area (Å²) in [6.07, 6.45) is 2.76. The maximum Gasteiger partial charge on any atom is 0.209 e. The number of nitrogens with zero attached hydrogens (tertiary/aromatic N) is 4. The molecule has 0 saturated carbocycles. The lowest BCUT2D eigenvalue weighted by atomic mass is 10.3. The molecule has 7 nitrogen and oxygen atoms in total. The number of Topliss-reactive ketones (excluding diaryl/α,β-unsaturated/α-hetero) is 2. The van der Waals surface area contributed by atoms with E-state index in [1.807, 2.05) is 0 Å². The highest BCUT2D eigenvalue weighted by Crippen LogP contribution is 1.90. The molecule has 19 heavy (non-hydrogen) atoms. The van der Waals surface area contributed by atoms with Gasteiger partial charge in [-0.3, -0.25) is 9.59 Å². The van der Waals surface area contributed by atoms with Crippen LogP contribution in [0.25, 0.3) is 0 Å². The summed E-state index contributed by atoms with van der Waals surface area (Å²) in [5.41, 5.74) is 0.606. The van der Waals surface area contributed by atoms with E-state index in [1.165, 1.54) is 38.4 Å². The minimum atomic E-state index is -0.204. The molecule has 0 atom stereocenters. The van der Waals surface area contributed by atoms with Gasteiger partial charge < -0.3 is 5.21 Å². The molecule has 0 bridgehead atoms. The third kappa shape index (κ3) is 4.99. The molecule has 0 aliphatic carbocycles. The average Bonchev–Trinajstić information content (AvgIpc) is 2.40. The monoisotopic (exact) mass is 260 g/mol. The van der Waals surface area contributed by atoms with Gasteiger partial charge in [0, 0.05) is 31.2 Å². The predicted molar refractivity (Wildman–Crippen MR) is 65.2 cm³/mol. The molecule has 0 N–H and O–H groups in total. The summed E-state index contributed by atoms with van der Waals surface area (Å²) in [4.78, 5) is 21.5. The van der Waals surface area contributed by atoms with Gasteiger partial charge in [-0.05, 0) is 18.2 Å². The van der Waals surface area contributed by atoms with Crippen molar-refractivity contribution in [1.82, 2.24) is 15.3 Å². The molecule has 0 spiro atoms. The number of hydrogen-bond acceptors (Lipinski definition) is 6. The van der Waals surface area contributed by atoms with Crippen LogP contribution >= 0.6 is 0 Å². The fraction of sp³-hybridized carbons (Fsp3) is 0.167. The summed E-state index contributed by atoms with van der Waals surface area (Å²) < 4.78 is 0. The van der Waals surface area contributed by atoms with E-state index >= 15 is 0 Å². The van der Waals surface area contributed by atoms with Crippen molar-refractivity contribution < 1.29 is 14.4 Å². The highest BCUT2D eigenvalue weighted by molar-refractivity contribution is 5.92. The number of rotatable bonds is 2. The molecule has 98 valence electrons. The fourth-order valence-electron chi connectivity index (χ4n) is 1.06. The van der Waals surface area contributed by atoms with E-state index in [0.29, 0.717) is 10.5 Å². The van der Waals surface area contributed by atoms with Gasteiger partial charge in [-0.2, -0.15) is 5.10 Å². The first-order valence-electron chi connectivity index (χ1n) is 5.37. The highest BCUT2D eigenvalue weighted by atomic mass is 16.5. The second-order valence-electron chi connectivity index (χ2n) is 3.52. The molecule has 0 fully saturated rings. The van der Waals surface area contributed by atoms with Gasteiger partial charge in [0.2, 0.25) is 6.20 Å². The quantitative estimate of drug-likeness (QED) is 0.445. The molecular formula is C12H12N4O3. The lowest BCUT2D eigenvalue weighted by Gasteiger charge is -1.92. The van der Waals surface area contributed by atoms with Gasteiger partial charge in [-0.1, -0.05) is 4.85 Å². The van der Waals surface area contributed by atoms with Crippen LogP contribution in [0.3, 0.4) is 0 Å². The molecule has 0 unspecified atom stereocenters. The Morgan fingerprint density at radius 2 is 1.74 bits per heavy atom. The van der Waals surface area contributed by atoms with E-state index in [9.17, 15) is 14.8 Å². The number of carbonyl (C=O) groups excluding carboxylic acids is 2. The van der Waals surface area contributed by atoms with Gasteiger partial charge in [0.25, 0.3) is 0 Å². The number of ketones is 2. The van der Waals surface area contributed by atoms with Crippen LogP contribution in [0.2, 0.25) is 0 Å². The van der Waals surface area contributed by atoms with Gasteiger partial charge >= 0.3 is 0 Å². The number of hydrogen-bond donors (Lipinski definition) is 0. The third-order valence-corrected chi connectivity index (χ3v) is 1.97. The summed E-state index contributed by atoms with van der Waals surface area (Å²) in [6.45, 7) is 2.83. The first-order valence-corrected chi connectivity index (χ1v) is 5.37. The van der Waals surface area contributed by atoms with Crippen LogP contribution < -0.4 is 4.85 Å². The number of aromatic nitrogens is 4. The minimum Gasteiger partial charge on any atom is -0.594 e. The summed E-state index contributed by atoms with van der Waals surface area (Å²) in [5.74, 6) is -0.256. The van der Waals surface area contributed by atoms with Crippen molar-refractivity contribution in [3.63, 3.8) is 0 Å². The van der Waals surface area contributed by atoms with E-state index < -0.39 is 0 Å². The maximum atomic E-state index is 10.6. The minimum absolute atomic E-state index is 0.0527. The second-order valence-corrected chi connectivity index (χ2v) is 3.52. The van der Waals surface area contributed by atoms with Crippen molar-refractivity contribution in [3.8, 4) is 0 Å². The van der Waals surface area contributed by atoms with Crippen LogP contribution in [0, 0.1) is 5.21 Å². The van der Waals surface area contributed by atoms with E-state index in [1.54, 1.807) is 12.1 Å². The van der Waals surface area contributed by atoms with Crippen molar-refractivity contribution >= 4 is 11.6 Å². The molecule has 0 radical (unpaired) electrons. The highest BCUT2D eigenvalue weighted by Gasteiger charge is 2.02. The zero-order chi connectivity index (χ0) is 14.3. The smallest absolute Gasteiger partial charge is 0.209 e. The Morgan fingerprint density at radius 1 is 1.11 bits per heavy atom. The molecule has 2 rings (SSSR count).